The highest BCUT2D eigenvalue weighted by Crippen LogP contribution is 2.22. The summed E-state index contributed by atoms with van der Waals surface area (Å²) < 4.78 is 45.6. The summed E-state index contributed by atoms with van der Waals surface area (Å²) in [6.45, 7) is 3.08. The van der Waals surface area contributed by atoms with Gasteiger partial charge in [0.2, 0.25) is 5.91 Å². The molecule has 2 aromatic rings. The molecule has 7 nitrogen and oxygen atoms in total. The highest BCUT2D eigenvalue weighted by molar-refractivity contribution is 7.92. The van der Waals surface area contributed by atoms with Crippen LogP contribution in [0.5, 0.6) is 0 Å². The van der Waals surface area contributed by atoms with Crippen LogP contribution in [-0.2, 0) is 19.6 Å². The van der Waals surface area contributed by atoms with Crippen molar-refractivity contribution in [1.82, 2.24) is 0 Å². The number of esters is 1. The molecule has 0 unspecified atom stereocenters. The second-order valence-electron chi connectivity index (χ2n) is 5.23. The number of anilines is 2. The molecule has 138 valence electrons. The Morgan fingerprint density at radius 3 is 2.35 bits per heavy atom. The quantitative estimate of drug-likeness (QED) is 0.751. The lowest BCUT2D eigenvalue weighted by atomic mass is 10.2. The van der Waals surface area contributed by atoms with E-state index in [0.717, 1.165) is 6.07 Å². The van der Waals surface area contributed by atoms with Gasteiger partial charge in [0, 0.05) is 6.92 Å². The molecule has 2 N–H and O–H groups in total. The number of carbonyl (C=O) groups excluding carboxylic acids is 2. The van der Waals surface area contributed by atoms with Crippen molar-refractivity contribution in [3.05, 3.63) is 53.8 Å². The predicted octanol–water partition coefficient (Wildman–Crippen LogP) is 2.76. The average molecular weight is 380 g/mol. The third kappa shape index (κ3) is 4.79. The Balaban J connectivity index is 2.23. The Kier molecular flexibility index (Phi) is 5.93. The van der Waals surface area contributed by atoms with Crippen molar-refractivity contribution in [3.8, 4) is 0 Å². The molecular formula is C17H17FN2O5S. The summed E-state index contributed by atoms with van der Waals surface area (Å²) in [5, 5.41) is 2.27. The van der Waals surface area contributed by atoms with Crippen molar-refractivity contribution >= 4 is 33.3 Å². The Labute approximate surface area is 150 Å². The minimum absolute atomic E-state index is 0.0737. The fraction of sp³-hybridized carbons (Fsp3) is 0.176. The van der Waals surface area contributed by atoms with Gasteiger partial charge in [0.1, 0.15) is 5.82 Å². The van der Waals surface area contributed by atoms with E-state index in [0.29, 0.717) is 0 Å². The number of nitrogens with one attached hydrogen (secondary N) is 2. The molecule has 0 radical (unpaired) electrons. The minimum atomic E-state index is -3.96. The van der Waals surface area contributed by atoms with Crippen LogP contribution in [0.1, 0.15) is 24.2 Å². The lowest BCUT2D eigenvalue weighted by Gasteiger charge is -2.11. The van der Waals surface area contributed by atoms with E-state index in [1.807, 2.05) is 0 Å². The van der Waals surface area contributed by atoms with Gasteiger partial charge in [0.05, 0.1) is 28.4 Å². The maximum Gasteiger partial charge on any atom is 0.338 e. The number of carbonyl (C=O) groups is 2. The van der Waals surface area contributed by atoms with Crippen LogP contribution in [0, 0.1) is 5.82 Å². The molecule has 0 saturated heterocycles. The predicted molar refractivity (Wildman–Crippen MR) is 93.9 cm³/mol. The SMILES string of the molecule is CCOC(=O)c1ccc(S(=O)(=O)Nc2ccc(F)c(NC(C)=O)c2)cc1. The van der Waals surface area contributed by atoms with Crippen LogP contribution in [0.3, 0.4) is 0 Å². The molecule has 0 atom stereocenters. The third-order valence-corrected chi connectivity index (χ3v) is 4.60. The number of ether oxygens (including phenoxy) is 1. The number of amides is 1. The van der Waals surface area contributed by atoms with Gasteiger partial charge in [-0.3, -0.25) is 9.52 Å². The molecule has 2 aromatic carbocycles. The second kappa shape index (κ2) is 7.96. The van der Waals surface area contributed by atoms with Gasteiger partial charge in [0.15, 0.2) is 0 Å². The molecule has 1 amide bonds. The fourth-order valence-electron chi connectivity index (χ4n) is 2.07. The highest BCUT2D eigenvalue weighted by atomic mass is 32.2. The molecule has 0 heterocycles. The van der Waals surface area contributed by atoms with Gasteiger partial charge in [-0.25, -0.2) is 17.6 Å². The molecule has 0 aliphatic rings. The molecule has 0 aliphatic heterocycles. The molecule has 0 spiro atoms. The number of sulfonamides is 1. The van der Waals surface area contributed by atoms with Gasteiger partial charge >= 0.3 is 5.97 Å². The van der Waals surface area contributed by atoms with Gasteiger partial charge < -0.3 is 10.1 Å². The Morgan fingerprint density at radius 1 is 1.12 bits per heavy atom. The molecule has 2 rings (SSSR count). The molecule has 0 saturated carbocycles. The standard InChI is InChI=1S/C17H17FN2O5S/c1-3-25-17(22)12-4-7-14(8-5-12)26(23,24)20-13-6-9-15(18)16(10-13)19-11(2)21/h4-10,20H,3H2,1-2H3,(H,19,21). The maximum absolute atomic E-state index is 13.6. The minimum Gasteiger partial charge on any atom is -0.462 e. The zero-order valence-corrected chi connectivity index (χ0v) is 14.9. The summed E-state index contributed by atoms with van der Waals surface area (Å²) in [5.74, 6) is -1.73. The van der Waals surface area contributed by atoms with E-state index >= 15 is 0 Å². The normalized spacial score (nSPS) is 10.9. The summed E-state index contributed by atoms with van der Waals surface area (Å²) in [6, 6.07) is 8.61. The van der Waals surface area contributed by atoms with Crippen LogP contribution in [0.4, 0.5) is 15.8 Å². The van der Waals surface area contributed by atoms with Crippen LogP contribution < -0.4 is 10.0 Å². The molecule has 9 heteroatoms. The fourth-order valence-corrected chi connectivity index (χ4v) is 3.12. The first-order chi connectivity index (χ1) is 12.2. The summed E-state index contributed by atoms with van der Waals surface area (Å²) in [5.41, 5.74) is 0.153. The molecule has 0 aromatic heterocycles. The molecular weight excluding hydrogens is 363 g/mol. The van der Waals surface area contributed by atoms with Crippen molar-refractivity contribution in [2.24, 2.45) is 0 Å². The van der Waals surface area contributed by atoms with Crippen molar-refractivity contribution in [2.45, 2.75) is 18.7 Å². The Morgan fingerprint density at radius 2 is 1.77 bits per heavy atom. The van der Waals surface area contributed by atoms with E-state index in [4.69, 9.17) is 4.74 Å². The van der Waals surface area contributed by atoms with E-state index in [9.17, 15) is 22.4 Å². The summed E-state index contributed by atoms with van der Waals surface area (Å²) in [6.07, 6.45) is 0. The lowest BCUT2D eigenvalue weighted by molar-refractivity contribution is -0.114. The number of halogens is 1. The topological polar surface area (TPSA) is 102 Å². The van der Waals surface area contributed by atoms with E-state index in [-0.39, 0.29) is 28.4 Å². The monoisotopic (exact) mass is 380 g/mol. The van der Waals surface area contributed by atoms with Gasteiger partial charge in [-0.2, -0.15) is 0 Å². The van der Waals surface area contributed by atoms with Crippen LogP contribution in [-0.4, -0.2) is 26.9 Å². The number of rotatable bonds is 6. The Bertz CT molecular complexity index is 927. The smallest absolute Gasteiger partial charge is 0.338 e. The van der Waals surface area contributed by atoms with E-state index < -0.39 is 27.7 Å². The molecule has 0 aliphatic carbocycles. The van der Waals surface area contributed by atoms with E-state index in [2.05, 4.69) is 10.0 Å². The molecule has 26 heavy (non-hydrogen) atoms. The zero-order chi connectivity index (χ0) is 19.3. The summed E-state index contributed by atoms with van der Waals surface area (Å²) >= 11 is 0. The lowest BCUT2D eigenvalue weighted by Crippen LogP contribution is -2.14. The van der Waals surface area contributed by atoms with Crippen LogP contribution in [0.25, 0.3) is 0 Å². The van der Waals surface area contributed by atoms with Crippen LogP contribution >= 0.6 is 0 Å². The molecule has 0 bridgehead atoms. The van der Waals surface area contributed by atoms with Crippen molar-refractivity contribution < 1.29 is 27.1 Å². The largest absolute Gasteiger partial charge is 0.462 e. The third-order valence-electron chi connectivity index (χ3n) is 3.21. The van der Waals surface area contributed by atoms with Gasteiger partial charge in [-0.1, -0.05) is 0 Å². The number of hydrogen-bond acceptors (Lipinski definition) is 5. The first-order valence-corrected chi connectivity index (χ1v) is 9.08. The summed E-state index contributed by atoms with van der Waals surface area (Å²) in [7, 11) is -3.96. The zero-order valence-electron chi connectivity index (χ0n) is 14.1. The summed E-state index contributed by atoms with van der Waals surface area (Å²) in [4.78, 5) is 22.6. The van der Waals surface area contributed by atoms with Crippen molar-refractivity contribution in [2.75, 3.05) is 16.6 Å². The van der Waals surface area contributed by atoms with E-state index in [1.165, 1.54) is 43.3 Å². The van der Waals surface area contributed by atoms with Crippen LogP contribution in [0.2, 0.25) is 0 Å². The van der Waals surface area contributed by atoms with E-state index in [1.54, 1.807) is 6.92 Å². The average Bonchev–Trinajstić information content (AvgIpc) is 2.57. The van der Waals surface area contributed by atoms with Gasteiger partial charge in [-0.05, 0) is 49.4 Å². The first kappa shape index (κ1) is 19.4. The van der Waals surface area contributed by atoms with Crippen LogP contribution in [0.15, 0.2) is 47.4 Å². The van der Waals surface area contributed by atoms with Crippen molar-refractivity contribution in [3.63, 3.8) is 0 Å². The van der Waals surface area contributed by atoms with Gasteiger partial charge in [-0.15, -0.1) is 0 Å². The first-order valence-electron chi connectivity index (χ1n) is 7.60. The Hall–Kier alpha value is -2.94. The maximum atomic E-state index is 13.6. The number of benzene rings is 2. The van der Waals surface area contributed by atoms with Crippen molar-refractivity contribution in [1.29, 1.82) is 0 Å². The highest BCUT2D eigenvalue weighted by Gasteiger charge is 2.16. The number of hydrogen-bond donors (Lipinski definition) is 2. The molecule has 0 fully saturated rings. The van der Waals surface area contributed by atoms with Gasteiger partial charge in [0.25, 0.3) is 10.0 Å². The second-order valence-corrected chi connectivity index (χ2v) is 6.91.